The number of aromatic nitrogens is 1. The lowest BCUT2D eigenvalue weighted by Crippen LogP contribution is -2.41. The fourth-order valence-corrected chi connectivity index (χ4v) is 5.78. The molecule has 1 amide bonds. The molecule has 6 nitrogen and oxygen atoms in total. The number of anilines is 1. The Bertz CT molecular complexity index is 1320. The zero-order valence-corrected chi connectivity index (χ0v) is 19.6. The van der Waals surface area contributed by atoms with Gasteiger partial charge >= 0.3 is 0 Å². The number of para-hydroxylation sites is 3. The Kier molecular flexibility index (Phi) is 5.43. The Morgan fingerprint density at radius 3 is 2.47 bits per heavy atom. The Balaban J connectivity index is 1.47. The summed E-state index contributed by atoms with van der Waals surface area (Å²) < 4.78 is 18.6. The molecule has 0 saturated carbocycles. The van der Waals surface area contributed by atoms with Crippen LogP contribution in [0.4, 0.5) is 5.13 Å². The zero-order valence-electron chi connectivity index (χ0n) is 18.8. The van der Waals surface area contributed by atoms with E-state index >= 15 is 0 Å². The maximum Gasteiger partial charge on any atom is 0.241 e. The number of rotatable bonds is 5. The number of hydrogen-bond acceptors (Lipinski definition) is 6. The molecule has 3 aromatic carbocycles. The molecule has 4 aromatic rings. The number of amides is 1. The smallest absolute Gasteiger partial charge is 0.241 e. The first-order chi connectivity index (χ1) is 16.7. The van der Waals surface area contributed by atoms with E-state index in [-0.39, 0.29) is 12.0 Å². The maximum atomic E-state index is 14.4. The first-order valence-electron chi connectivity index (χ1n) is 11.4. The number of nitrogens with zero attached hydrogens (tertiary/aromatic N) is 2. The van der Waals surface area contributed by atoms with E-state index in [1.54, 1.807) is 7.11 Å². The minimum atomic E-state index is -0.489. The van der Waals surface area contributed by atoms with Gasteiger partial charge in [0.2, 0.25) is 5.91 Å². The topological polar surface area (TPSA) is 60.9 Å². The monoisotopic (exact) mass is 472 g/mol. The molecule has 1 aromatic heterocycles. The molecule has 1 saturated heterocycles. The Morgan fingerprint density at radius 2 is 1.79 bits per heavy atom. The highest BCUT2D eigenvalue weighted by atomic mass is 32.1. The number of ether oxygens (including phenoxy) is 3. The third-order valence-corrected chi connectivity index (χ3v) is 7.47. The van der Waals surface area contributed by atoms with Gasteiger partial charge in [0.05, 0.1) is 30.4 Å². The maximum absolute atomic E-state index is 14.4. The van der Waals surface area contributed by atoms with Crippen LogP contribution >= 0.6 is 11.3 Å². The first-order valence-corrected chi connectivity index (χ1v) is 12.3. The van der Waals surface area contributed by atoms with E-state index in [0.29, 0.717) is 28.9 Å². The highest BCUT2D eigenvalue weighted by Crippen LogP contribution is 2.46. The van der Waals surface area contributed by atoms with Crippen molar-refractivity contribution >= 4 is 32.6 Å². The second-order valence-electron chi connectivity index (χ2n) is 8.50. The van der Waals surface area contributed by atoms with Gasteiger partial charge in [0, 0.05) is 17.7 Å². The molecule has 34 heavy (non-hydrogen) atoms. The Morgan fingerprint density at radius 1 is 1.06 bits per heavy atom. The van der Waals surface area contributed by atoms with Crippen molar-refractivity contribution in [2.45, 2.75) is 24.9 Å². The van der Waals surface area contributed by atoms with Gasteiger partial charge in [-0.25, -0.2) is 4.98 Å². The van der Waals surface area contributed by atoms with Crippen LogP contribution in [0.3, 0.4) is 0 Å². The van der Waals surface area contributed by atoms with Crippen molar-refractivity contribution in [1.82, 2.24) is 4.98 Å². The summed E-state index contributed by atoms with van der Waals surface area (Å²) in [4.78, 5) is 21.1. The van der Waals surface area contributed by atoms with Crippen LogP contribution < -0.4 is 14.4 Å². The molecule has 2 aliphatic rings. The van der Waals surface area contributed by atoms with Crippen LogP contribution in [0.15, 0.2) is 66.7 Å². The molecule has 1 unspecified atom stereocenters. The van der Waals surface area contributed by atoms with Gasteiger partial charge in [0.15, 0.2) is 5.13 Å². The summed E-state index contributed by atoms with van der Waals surface area (Å²) in [6.07, 6.45) is 1.92. The van der Waals surface area contributed by atoms with E-state index in [4.69, 9.17) is 19.2 Å². The summed E-state index contributed by atoms with van der Waals surface area (Å²) in [6.45, 7) is 1.19. The molecule has 1 atom stereocenters. The molecule has 2 aliphatic heterocycles. The largest absolute Gasteiger partial charge is 0.494 e. The van der Waals surface area contributed by atoms with Crippen LogP contribution in [0.25, 0.3) is 10.2 Å². The molecule has 7 heteroatoms. The van der Waals surface area contributed by atoms with E-state index in [9.17, 15) is 4.79 Å². The molecule has 6 rings (SSSR count). The predicted octanol–water partition coefficient (Wildman–Crippen LogP) is 5.75. The van der Waals surface area contributed by atoms with E-state index in [1.165, 1.54) is 11.3 Å². The van der Waals surface area contributed by atoms with Crippen molar-refractivity contribution in [3.05, 3.63) is 77.9 Å². The minimum Gasteiger partial charge on any atom is -0.494 e. The molecule has 0 bridgehead atoms. The van der Waals surface area contributed by atoms with Gasteiger partial charge < -0.3 is 14.2 Å². The molecule has 0 radical (unpaired) electrons. The first kappa shape index (κ1) is 21.1. The van der Waals surface area contributed by atoms with Gasteiger partial charge in [-0.15, -0.1) is 0 Å². The van der Waals surface area contributed by atoms with Gasteiger partial charge in [0.1, 0.15) is 22.8 Å². The third kappa shape index (κ3) is 3.61. The summed E-state index contributed by atoms with van der Waals surface area (Å²) in [6, 6.07) is 21.4. The van der Waals surface area contributed by atoms with E-state index in [1.807, 2.05) is 71.6 Å². The number of benzene rings is 3. The number of methoxy groups -OCH3 is 1. The van der Waals surface area contributed by atoms with Gasteiger partial charge in [0.25, 0.3) is 0 Å². The van der Waals surface area contributed by atoms with Gasteiger partial charge in [-0.2, -0.15) is 0 Å². The zero-order chi connectivity index (χ0) is 23.1. The quantitative estimate of drug-likeness (QED) is 0.370. The van der Waals surface area contributed by atoms with E-state index < -0.39 is 5.92 Å². The van der Waals surface area contributed by atoms with Crippen molar-refractivity contribution in [3.63, 3.8) is 0 Å². The molecular weight excluding hydrogens is 448 g/mol. The molecule has 172 valence electrons. The average Bonchev–Trinajstić information content (AvgIpc) is 3.55. The second-order valence-corrected chi connectivity index (χ2v) is 9.51. The molecule has 0 spiro atoms. The lowest BCUT2D eigenvalue weighted by Gasteiger charge is -2.32. The molecule has 0 aliphatic carbocycles. The number of carbonyl (C=O) groups excluding carboxylic acids is 1. The number of carbonyl (C=O) groups is 1. The van der Waals surface area contributed by atoms with Crippen LogP contribution in [0.5, 0.6) is 17.2 Å². The van der Waals surface area contributed by atoms with Crippen LogP contribution in [0.1, 0.15) is 29.9 Å². The van der Waals surface area contributed by atoms with Crippen molar-refractivity contribution in [1.29, 1.82) is 0 Å². The third-order valence-electron chi connectivity index (χ3n) is 6.42. The highest BCUT2D eigenvalue weighted by molar-refractivity contribution is 7.22. The number of fused-ring (bicyclic) bond motifs is 3. The molecule has 1 fully saturated rings. The van der Waals surface area contributed by atoms with E-state index in [0.717, 1.165) is 40.8 Å². The normalized spacial score (nSPS) is 17.1. The van der Waals surface area contributed by atoms with Gasteiger partial charge in [-0.05, 0) is 37.1 Å². The van der Waals surface area contributed by atoms with Crippen molar-refractivity contribution in [3.8, 4) is 17.2 Å². The summed E-state index contributed by atoms with van der Waals surface area (Å²) in [5.74, 6) is 1.60. The lowest BCUT2D eigenvalue weighted by atomic mass is 9.87. The number of thiazole rings is 1. The standard InChI is InChI=1S/C27H24N2O4S/c1-31-22-13-6-14-23-25(22)28-27(34-23)29(16-17-8-7-15-32-17)26(30)24-18-9-2-4-11-20(18)33-21-12-5-3-10-19(21)24/h2-6,9-14,17,24H,7-8,15-16H2,1H3. The van der Waals surface area contributed by atoms with Crippen molar-refractivity contribution < 1.29 is 19.0 Å². The van der Waals surface area contributed by atoms with Crippen LogP contribution in [-0.2, 0) is 9.53 Å². The highest BCUT2D eigenvalue weighted by Gasteiger charge is 2.38. The number of hydrogen-bond donors (Lipinski definition) is 0. The van der Waals surface area contributed by atoms with Gasteiger partial charge in [-0.3, -0.25) is 9.69 Å². The summed E-state index contributed by atoms with van der Waals surface area (Å²) >= 11 is 1.50. The summed E-state index contributed by atoms with van der Waals surface area (Å²) in [5, 5.41) is 0.654. The second kappa shape index (κ2) is 8.74. The minimum absolute atomic E-state index is 0.0109. The van der Waals surface area contributed by atoms with Crippen molar-refractivity contribution in [2.24, 2.45) is 0 Å². The van der Waals surface area contributed by atoms with Crippen LogP contribution in [0, 0.1) is 0 Å². The van der Waals surface area contributed by atoms with Crippen LogP contribution in [0.2, 0.25) is 0 Å². The van der Waals surface area contributed by atoms with Crippen LogP contribution in [-0.4, -0.2) is 37.3 Å². The average molecular weight is 473 g/mol. The summed E-state index contributed by atoms with van der Waals surface area (Å²) in [7, 11) is 1.64. The molecule has 3 heterocycles. The fraction of sp³-hybridized carbons (Fsp3) is 0.259. The Hall–Kier alpha value is -3.42. The SMILES string of the molecule is COc1cccc2sc(N(CC3CCCO3)C(=O)C3c4ccccc4Oc4ccccc43)nc12. The van der Waals surface area contributed by atoms with Gasteiger partial charge in [-0.1, -0.05) is 53.8 Å². The molecule has 0 N–H and O–H groups in total. The predicted molar refractivity (Wildman–Crippen MR) is 132 cm³/mol. The fourth-order valence-electron chi connectivity index (χ4n) is 4.78. The lowest BCUT2D eigenvalue weighted by molar-refractivity contribution is -0.119. The van der Waals surface area contributed by atoms with Crippen molar-refractivity contribution in [2.75, 3.05) is 25.2 Å². The Labute approximate surface area is 201 Å². The summed E-state index contributed by atoms with van der Waals surface area (Å²) in [5.41, 5.74) is 2.49. The van der Waals surface area contributed by atoms with E-state index in [2.05, 4.69) is 0 Å². The molecular formula is C27H24N2O4S.